The molecule has 0 saturated carbocycles. The molecule has 1 aliphatic rings. The van der Waals surface area contributed by atoms with Crippen LogP contribution in [0.2, 0.25) is 0 Å². The van der Waals surface area contributed by atoms with Crippen molar-refractivity contribution in [3.8, 4) is 0 Å². The van der Waals surface area contributed by atoms with Gasteiger partial charge in [-0.25, -0.2) is 0 Å². The fraction of sp³-hybridized carbons (Fsp3) is 0.125. The van der Waals surface area contributed by atoms with Crippen molar-refractivity contribution < 1.29 is 14.4 Å². The van der Waals surface area contributed by atoms with E-state index in [4.69, 9.17) is 5.73 Å². The highest BCUT2D eigenvalue weighted by Gasteiger charge is 2.21. The van der Waals surface area contributed by atoms with E-state index in [0.717, 1.165) is 11.0 Å². The lowest BCUT2D eigenvalue weighted by Gasteiger charge is -2.09. The summed E-state index contributed by atoms with van der Waals surface area (Å²) in [6.07, 6.45) is 4.84. The second-order valence-corrected chi connectivity index (χ2v) is 2.43. The summed E-state index contributed by atoms with van der Waals surface area (Å²) >= 11 is 0. The number of nitrogens with zero attached hydrogens (tertiary/aromatic N) is 1. The number of imide groups is 1. The molecule has 2 N–H and O–H groups in total. The minimum atomic E-state index is -0.605. The molecule has 13 heavy (non-hydrogen) atoms. The zero-order valence-electron chi connectivity index (χ0n) is 6.77. The standard InChI is InChI=1S/C8H8N2O3/c9-6(11)2-1-5-10-7(12)3-4-8(10)13/h1-4H,5H2,(H2,9,11)/b2-1+. The van der Waals surface area contributed by atoms with Crippen LogP contribution in [0.1, 0.15) is 0 Å². The van der Waals surface area contributed by atoms with Crippen molar-refractivity contribution in [1.82, 2.24) is 4.90 Å². The summed E-state index contributed by atoms with van der Waals surface area (Å²) in [5.41, 5.74) is 4.82. The molecule has 1 rings (SSSR count). The van der Waals surface area contributed by atoms with Crippen LogP contribution in [-0.4, -0.2) is 29.2 Å². The first-order valence-corrected chi connectivity index (χ1v) is 3.61. The Morgan fingerprint density at radius 2 is 1.92 bits per heavy atom. The minimum Gasteiger partial charge on any atom is -0.366 e. The molecule has 1 heterocycles. The van der Waals surface area contributed by atoms with Crippen LogP contribution in [0.4, 0.5) is 0 Å². The molecule has 5 heteroatoms. The molecule has 0 aromatic heterocycles. The maximum absolute atomic E-state index is 10.9. The second kappa shape index (κ2) is 3.66. The van der Waals surface area contributed by atoms with Gasteiger partial charge in [0.1, 0.15) is 0 Å². The average Bonchev–Trinajstić information content (AvgIpc) is 2.34. The smallest absolute Gasteiger partial charge is 0.253 e. The third-order valence-electron chi connectivity index (χ3n) is 1.47. The van der Waals surface area contributed by atoms with Gasteiger partial charge in [0.25, 0.3) is 11.8 Å². The maximum Gasteiger partial charge on any atom is 0.253 e. The number of carbonyl (C=O) groups excluding carboxylic acids is 3. The van der Waals surface area contributed by atoms with Gasteiger partial charge in [-0.15, -0.1) is 0 Å². The van der Waals surface area contributed by atoms with Crippen molar-refractivity contribution >= 4 is 17.7 Å². The molecule has 5 nitrogen and oxygen atoms in total. The van der Waals surface area contributed by atoms with Gasteiger partial charge in [0.15, 0.2) is 0 Å². The van der Waals surface area contributed by atoms with Crippen molar-refractivity contribution in [3.05, 3.63) is 24.3 Å². The predicted octanol–water partition coefficient (Wildman–Crippen LogP) is -1.05. The molecule has 0 spiro atoms. The van der Waals surface area contributed by atoms with Crippen molar-refractivity contribution in [2.75, 3.05) is 6.54 Å². The quantitative estimate of drug-likeness (QED) is 0.444. The maximum atomic E-state index is 10.9. The first kappa shape index (κ1) is 9.18. The Balaban J connectivity index is 2.51. The van der Waals surface area contributed by atoms with Gasteiger partial charge in [-0.3, -0.25) is 19.3 Å². The second-order valence-electron chi connectivity index (χ2n) is 2.43. The van der Waals surface area contributed by atoms with Crippen LogP contribution in [-0.2, 0) is 14.4 Å². The van der Waals surface area contributed by atoms with Crippen molar-refractivity contribution in [2.24, 2.45) is 5.73 Å². The zero-order chi connectivity index (χ0) is 9.84. The van der Waals surface area contributed by atoms with Crippen LogP contribution in [0.15, 0.2) is 24.3 Å². The molecule has 0 atom stereocenters. The normalized spacial score (nSPS) is 16.2. The van der Waals surface area contributed by atoms with Gasteiger partial charge in [-0.1, -0.05) is 6.08 Å². The molecule has 0 unspecified atom stereocenters. The van der Waals surface area contributed by atoms with Crippen LogP contribution in [0.5, 0.6) is 0 Å². The number of hydrogen-bond acceptors (Lipinski definition) is 3. The van der Waals surface area contributed by atoms with E-state index < -0.39 is 5.91 Å². The van der Waals surface area contributed by atoms with Gasteiger partial charge < -0.3 is 5.73 Å². The SMILES string of the molecule is NC(=O)/C=C/CN1C(=O)C=CC1=O. The summed E-state index contributed by atoms with van der Waals surface area (Å²) in [7, 11) is 0. The molecule has 0 fully saturated rings. The van der Waals surface area contributed by atoms with E-state index in [0.29, 0.717) is 0 Å². The third-order valence-corrected chi connectivity index (χ3v) is 1.47. The van der Waals surface area contributed by atoms with Crippen molar-refractivity contribution in [3.63, 3.8) is 0 Å². The van der Waals surface area contributed by atoms with E-state index in [1.165, 1.54) is 18.2 Å². The molecule has 0 aliphatic carbocycles. The number of rotatable bonds is 3. The summed E-state index contributed by atoms with van der Waals surface area (Å²) in [4.78, 5) is 33.1. The average molecular weight is 180 g/mol. The van der Waals surface area contributed by atoms with Crippen LogP contribution in [0.25, 0.3) is 0 Å². The molecule has 0 aromatic carbocycles. The number of primary amides is 1. The molecular formula is C8H8N2O3. The molecule has 0 radical (unpaired) electrons. The first-order chi connectivity index (χ1) is 6.11. The van der Waals surface area contributed by atoms with Gasteiger partial charge >= 0.3 is 0 Å². The zero-order valence-corrected chi connectivity index (χ0v) is 6.77. The Morgan fingerprint density at radius 1 is 1.38 bits per heavy atom. The van der Waals surface area contributed by atoms with Gasteiger partial charge in [0.2, 0.25) is 5.91 Å². The van der Waals surface area contributed by atoms with E-state index in [1.807, 2.05) is 0 Å². The Morgan fingerprint density at radius 3 is 2.38 bits per heavy atom. The minimum absolute atomic E-state index is 0.0770. The summed E-state index contributed by atoms with van der Waals surface area (Å²) in [6.45, 7) is 0.0770. The molecule has 1 aliphatic heterocycles. The highest BCUT2D eigenvalue weighted by molar-refractivity contribution is 6.13. The highest BCUT2D eigenvalue weighted by atomic mass is 16.2. The van der Waals surface area contributed by atoms with Crippen LogP contribution in [0.3, 0.4) is 0 Å². The molecule has 3 amide bonds. The van der Waals surface area contributed by atoms with E-state index in [1.54, 1.807) is 0 Å². The lowest BCUT2D eigenvalue weighted by molar-refractivity contribution is -0.136. The van der Waals surface area contributed by atoms with Gasteiger partial charge in [0, 0.05) is 24.8 Å². The summed E-state index contributed by atoms with van der Waals surface area (Å²) in [6, 6.07) is 0. The Hall–Kier alpha value is -1.91. The number of carbonyl (C=O) groups is 3. The number of amides is 3. The molecule has 0 aromatic rings. The Bertz CT molecular complexity index is 299. The largest absolute Gasteiger partial charge is 0.366 e. The molecule has 0 bridgehead atoms. The fourth-order valence-electron chi connectivity index (χ4n) is 0.885. The van der Waals surface area contributed by atoms with E-state index in [9.17, 15) is 14.4 Å². The van der Waals surface area contributed by atoms with Gasteiger partial charge in [-0.05, 0) is 0 Å². The van der Waals surface area contributed by atoms with E-state index in [2.05, 4.69) is 0 Å². The van der Waals surface area contributed by atoms with Crippen molar-refractivity contribution in [1.29, 1.82) is 0 Å². The van der Waals surface area contributed by atoms with E-state index in [-0.39, 0.29) is 18.4 Å². The van der Waals surface area contributed by atoms with Crippen LogP contribution in [0, 0.1) is 0 Å². The van der Waals surface area contributed by atoms with Crippen LogP contribution < -0.4 is 5.73 Å². The predicted molar refractivity (Wildman–Crippen MR) is 44.2 cm³/mol. The Labute approximate surface area is 74.5 Å². The Kier molecular flexibility index (Phi) is 2.59. The fourth-order valence-corrected chi connectivity index (χ4v) is 0.885. The molecule has 68 valence electrons. The molecular weight excluding hydrogens is 172 g/mol. The number of nitrogens with two attached hydrogens (primary N) is 1. The van der Waals surface area contributed by atoms with E-state index >= 15 is 0 Å². The third kappa shape index (κ3) is 2.26. The topological polar surface area (TPSA) is 80.5 Å². The lowest BCUT2D eigenvalue weighted by atomic mass is 10.4. The monoisotopic (exact) mass is 180 g/mol. The first-order valence-electron chi connectivity index (χ1n) is 3.61. The summed E-state index contributed by atoms with van der Waals surface area (Å²) in [5, 5.41) is 0. The number of hydrogen-bond donors (Lipinski definition) is 1. The lowest BCUT2D eigenvalue weighted by Crippen LogP contribution is -2.30. The van der Waals surface area contributed by atoms with Crippen LogP contribution >= 0.6 is 0 Å². The van der Waals surface area contributed by atoms with Gasteiger partial charge in [-0.2, -0.15) is 0 Å². The summed E-state index contributed by atoms with van der Waals surface area (Å²) in [5.74, 6) is -1.36. The van der Waals surface area contributed by atoms with Gasteiger partial charge in [0.05, 0.1) is 0 Å². The molecule has 0 saturated heterocycles. The van der Waals surface area contributed by atoms with Crippen molar-refractivity contribution in [2.45, 2.75) is 0 Å². The highest BCUT2D eigenvalue weighted by Crippen LogP contribution is 2.02. The summed E-state index contributed by atoms with van der Waals surface area (Å²) < 4.78 is 0.